The molecule has 5 nitrogen and oxygen atoms in total. The Morgan fingerprint density at radius 1 is 1.25 bits per heavy atom. The van der Waals surface area contributed by atoms with E-state index < -0.39 is 16.1 Å². The number of rotatable bonds is 6. The number of aliphatic hydroxyl groups excluding tert-OH is 1. The van der Waals surface area contributed by atoms with Crippen LogP contribution in [0.2, 0.25) is 0 Å². The Balaban J connectivity index is 2.80. The summed E-state index contributed by atoms with van der Waals surface area (Å²) in [5.74, 6) is 0. The van der Waals surface area contributed by atoms with Crippen LogP contribution in [0, 0.1) is 5.41 Å². The molecule has 20 heavy (non-hydrogen) atoms. The minimum atomic E-state index is -3.51. The van der Waals surface area contributed by atoms with Crippen LogP contribution in [0.15, 0.2) is 29.2 Å². The Hall–Kier alpha value is -1.11. The minimum absolute atomic E-state index is 0.0255. The molecule has 0 saturated heterocycles. The van der Waals surface area contributed by atoms with Crippen molar-refractivity contribution in [1.29, 1.82) is 0 Å². The lowest BCUT2D eigenvalue weighted by molar-refractivity contribution is 0.132. The second-order valence-corrected chi connectivity index (χ2v) is 7.86. The maximum atomic E-state index is 11.9. The fourth-order valence-corrected chi connectivity index (χ4v) is 2.87. The summed E-state index contributed by atoms with van der Waals surface area (Å²) in [6.45, 7) is 6.47. The van der Waals surface area contributed by atoms with Crippen LogP contribution < -0.4 is 10.0 Å². The van der Waals surface area contributed by atoms with E-state index in [4.69, 9.17) is 0 Å². The number of anilines is 1. The van der Waals surface area contributed by atoms with Crippen molar-refractivity contribution in [3.8, 4) is 0 Å². The summed E-state index contributed by atoms with van der Waals surface area (Å²) in [4.78, 5) is 0.186. The molecule has 6 heteroatoms. The van der Waals surface area contributed by atoms with E-state index in [-0.39, 0.29) is 10.3 Å². The zero-order chi connectivity index (χ0) is 15.4. The number of para-hydroxylation sites is 1. The van der Waals surface area contributed by atoms with E-state index in [1.54, 1.807) is 18.2 Å². The Morgan fingerprint density at radius 3 is 2.40 bits per heavy atom. The summed E-state index contributed by atoms with van der Waals surface area (Å²) < 4.78 is 26.1. The lowest BCUT2D eigenvalue weighted by Gasteiger charge is -2.23. The second kappa shape index (κ2) is 6.56. The average Bonchev–Trinajstić information content (AvgIpc) is 2.34. The van der Waals surface area contributed by atoms with Gasteiger partial charge in [-0.25, -0.2) is 13.1 Å². The first-order valence-electron chi connectivity index (χ1n) is 6.60. The van der Waals surface area contributed by atoms with Gasteiger partial charge in [0.25, 0.3) is 0 Å². The summed E-state index contributed by atoms with van der Waals surface area (Å²) in [5.41, 5.74) is 0.521. The first-order valence-corrected chi connectivity index (χ1v) is 8.08. The standard InChI is InChI=1S/C14H24N2O3S/c1-14(2,3)9-11(17)10-16-12-7-5-6-8-13(12)20(18,19)15-4/h5-8,11,15-17H,9-10H2,1-4H3. The van der Waals surface area contributed by atoms with E-state index in [1.165, 1.54) is 13.1 Å². The Bertz CT molecular complexity index is 536. The van der Waals surface area contributed by atoms with Crippen LogP contribution in [0.3, 0.4) is 0 Å². The summed E-state index contributed by atoms with van der Waals surface area (Å²) in [5, 5.41) is 13.0. The van der Waals surface area contributed by atoms with Crippen molar-refractivity contribution in [1.82, 2.24) is 4.72 Å². The molecule has 0 radical (unpaired) electrons. The van der Waals surface area contributed by atoms with Crippen molar-refractivity contribution < 1.29 is 13.5 Å². The van der Waals surface area contributed by atoms with Gasteiger partial charge in [-0.1, -0.05) is 32.9 Å². The molecule has 0 bridgehead atoms. The SMILES string of the molecule is CNS(=O)(=O)c1ccccc1NCC(O)CC(C)(C)C. The molecule has 0 aromatic heterocycles. The van der Waals surface area contributed by atoms with Crippen LogP contribution >= 0.6 is 0 Å². The van der Waals surface area contributed by atoms with Crippen molar-refractivity contribution in [3.05, 3.63) is 24.3 Å². The molecule has 1 atom stereocenters. The maximum Gasteiger partial charge on any atom is 0.242 e. The van der Waals surface area contributed by atoms with Gasteiger partial charge in [0, 0.05) is 6.54 Å². The highest BCUT2D eigenvalue weighted by molar-refractivity contribution is 7.89. The molecule has 0 heterocycles. The molecule has 0 amide bonds. The predicted octanol–water partition coefficient (Wildman–Crippen LogP) is 1.80. The van der Waals surface area contributed by atoms with Gasteiger partial charge < -0.3 is 10.4 Å². The third-order valence-corrected chi connectivity index (χ3v) is 4.29. The van der Waals surface area contributed by atoms with E-state index in [1.807, 2.05) is 0 Å². The predicted molar refractivity (Wildman–Crippen MR) is 81.3 cm³/mol. The number of aliphatic hydroxyl groups is 1. The maximum absolute atomic E-state index is 11.9. The Morgan fingerprint density at radius 2 is 1.85 bits per heavy atom. The average molecular weight is 300 g/mol. The van der Waals surface area contributed by atoms with Gasteiger partial charge in [0.1, 0.15) is 4.90 Å². The van der Waals surface area contributed by atoms with Crippen LogP contribution in [-0.4, -0.2) is 33.2 Å². The normalized spacial score (nSPS) is 14.1. The van der Waals surface area contributed by atoms with Crippen molar-refractivity contribution in [2.45, 2.75) is 38.2 Å². The molecule has 114 valence electrons. The number of hydrogen-bond donors (Lipinski definition) is 3. The van der Waals surface area contributed by atoms with E-state index >= 15 is 0 Å². The first-order chi connectivity index (χ1) is 9.15. The zero-order valence-electron chi connectivity index (χ0n) is 12.5. The van der Waals surface area contributed by atoms with Crippen LogP contribution in [-0.2, 0) is 10.0 Å². The third kappa shape index (κ3) is 5.11. The smallest absolute Gasteiger partial charge is 0.242 e. The third-order valence-electron chi connectivity index (χ3n) is 2.82. The molecular weight excluding hydrogens is 276 g/mol. The molecule has 0 aliphatic heterocycles. The van der Waals surface area contributed by atoms with Gasteiger partial charge in [0.2, 0.25) is 10.0 Å². The van der Waals surface area contributed by atoms with Gasteiger partial charge in [0.05, 0.1) is 11.8 Å². The Labute approximate surface area is 121 Å². The van der Waals surface area contributed by atoms with Crippen LogP contribution in [0.4, 0.5) is 5.69 Å². The van der Waals surface area contributed by atoms with Gasteiger partial charge in [-0.3, -0.25) is 0 Å². The van der Waals surface area contributed by atoms with Gasteiger partial charge >= 0.3 is 0 Å². The highest BCUT2D eigenvalue weighted by Gasteiger charge is 2.19. The summed E-state index contributed by atoms with van der Waals surface area (Å²) >= 11 is 0. The molecule has 1 rings (SSSR count). The summed E-state index contributed by atoms with van der Waals surface area (Å²) in [6.07, 6.45) is 0.112. The van der Waals surface area contributed by atoms with Crippen LogP contribution in [0.25, 0.3) is 0 Å². The second-order valence-electron chi connectivity index (χ2n) is 6.00. The molecule has 0 spiro atoms. The molecule has 1 aromatic rings. The van der Waals surface area contributed by atoms with E-state index in [9.17, 15) is 13.5 Å². The zero-order valence-corrected chi connectivity index (χ0v) is 13.3. The van der Waals surface area contributed by atoms with E-state index in [0.717, 1.165) is 0 Å². The monoisotopic (exact) mass is 300 g/mol. The number of sulfonamides is 1. The van der Waals surface area contributed by atoms with Gasteiger partial charge in [-0.05, 0) is 31.0 Å². The van der Waals surface area contributed by atoms with Crippen molar-refractivity contribution in [3.63, 3.8) is 0 Å². The molecule has 0 fully saturated rings. The number of nitrogens with one attached hydrogen (secondary N) is 2. The van der Waals surface area contributed by atoms with Crippen molar-refractivity contribution >= 4 is 15.7 Å². The van der Waals surface area contributed by atoms with Crippen LogP contribution in [0.1, 0.15) is 27.2 Å². The van der Waals surface area contributed by atoms with Crippen LogP contribution in [0.5, 0.6) is 0 Å². The molecule has 0 aliphatic carbocycles. The summed E-state index contributed by atoms with van der Waals surface area (Å²) in [6, 6.07) is 6.65. The quantitative estimate of drug-likeness (QED) is 0.748. The molecule has 3 N–H and O–H groups in total. The molecular formula is C14H24N2O3S. The number of benzene rings is 1. The fourth-order valence-electron chi connectivity index (χ4n) is 1.96. The lowest BCUT2D eigenvalue weighted by Crippen LogP contribution is -2.26. The summed E-state index contributed by atoms with van der Waals surface area (Å²) in [7, 11) is -2.13. The topological polar surface area (TPSA) is 78.4 Å². The highest BCUT2D eigenvalue weighted by atomic mass is 32.2. The highest BCUT2D eigenvalue weighted by Crippen LogP contribution is 2.23. The molecule has 1 unspecified atom stereocenters. The fraction of sp³-hybridized carbons (Fsp3) is 0.571. The Kier molecular flexibility index (Phi) is 5.56. The van der Waals surface area contributed by atoms with Gasteiger partial charge in [-0.15, -0.1) is 0 Å². The lowest BCUT2D eigenvalue weighted by atomic mass is 9.89. The number of hydrogen-bond acceptors (Lipinski definition) is 4. The molecule has 0 saturated carbocycles. The van der Waals surface area contributed by atoms with E-state index in [2.05, 4.69) is 30.8 Å². The van der Waals surface area contributed by atoms with Crippen molar-refractivity contribution in [2.24, 2.45) is 5.41 Å². The van der Waals surface area contributed by atoms with Gasteiger partial charge in [-0.2, -0.15) is 0 Å². The van der Waals surface area contributed by atoms with Crippen molar-refractivity contribution in [2.75, 3.05) is 18.9 Å². The van der Waals surface area contributed by atoms with E-state index in [0.29, 0.717) is 18.7 Å². The molecule has 1 aromatic carbocycles. The first kappa shape index (κ1) is 16.9. The van der Waals surface area contributed by atoms with Gasteiger partial charge in [0.15, 0.2) is 0 Å². The minimum Gasteiger partial charge on any atom is -0.391 e. The largest absolute Gasteiger partial charge is 0.391 e. The molecule has 0 aliphatic rings.